The van der Waals surface area contributed by atoms with Gasteiger partial charge in [-0.3, -0.25) is 4.90 Å². The van der Waals surface area contributed by atoms with Crippen LogP contribution in [-0.4, -0.2) is 42.0 Å². The summed E-state index contributed by atoms with van der Waals surface area (Å²) in [6.07, 6.45) is 1.93. The van der Waals surface area contributed by atoms with Crippen LogP contribution in [0.1, 0.15) is 53.9 Å². The van der Waals surface area contributed by atoms with Gasteiger partial charge in [0.05, 0.1) is 0 Å². The number of carbonyl (C=O) groups excluding carboxylic acids is 1. The fourth-order valence-electron chi connectivity index (χ4n) is 2.74. The van der Waals surface area contributed by atoms with Crippen molar-refractivity contribution < 1.29 is 14.3 Å². The molecule has 1 aliphatic heterocycles. The lowest BCUT2D eigenvalue weighted by atomic mass is 9.94. The van der Waals surface area contributed by atoms with E-state index < -0.39 is 17.9 Å². The van der Waals surface area contributed by atoms with E-state index in [9.17, 15) is 4.79 Å². The second-order valence-corrected chi connectivity index (χ2v) is 6.89. The smallest absolute Gasteiger partial charge is 0.410 e. The number of nitrogens with zero attached hydrogens (tertiary/aromatic N) is 4. The van der Waals surface area contributed by atoms with Gasteiger partial charge in [-0.05, 0) is 65.3 Å². The first-order valence-corrected chi connectivity index (χ1v) is 7.88. The highest BCUT2D eigenvalue weighted by Gasteiger charge is 2.31. The van der Waals surface area contributed by atoms with Crippen LogP contribution in [-0.2, 0) is 9.47 Å². The van der Waals surface area contributed by atoms with E-state index in [1.807, 2.05) is 27.7 Å². The molecule has 1 fully saturated rings. The highest BCUT2D eigenvalue weighted by Crippen LogP contribution is 2.24. The van der Waals surface area contributed by atoms with Gasteiger partial charge in [0, 0.05) is 24.2 Å². The van der Waals surface area contributed by atoms with Crippen LogP contribution in [0.25, 0.3) is 10.4 Å². The van der Waals surface area contributed by atoms with Gasteiger partial charge in [-0.1, -0.05) is 5.11 Å². The van der Waals surface area contributed by atoms with E-state index in [-0.39, 0.29) is 6.04 Å². The third-order valence-corrected chi connectivity index (χ3v) is 3.63. The average Bonchev–Trinajstić information content (AvgIpc) is 2.38. The summed E-state index contributed by atoms with van der Waals surface area (Å²) in [5.74, 6) is 0.423. The maximum Gasteiger partial charge on any atom is 0.410 e. The molecule has 0 spiro atoms. The third kappa shape index (κ3) is 6.12. The van der Waals surface area contributed by atoms with Gasteiger partial charge in [-0.2, -0.15) is 0 Å². The standard InChI is InChI=1S/C15H28N4O3/c1-11(9-13-7-6-8-21-10-13)19(12(2)17-18-16)14(20)22-15(3,4)5/h11-13H,6-10H2,1-5H3/t11?,12-,13-/m1/s1. The van der Waals surface area contributed by atoms with Crippen molar-refractivity contribution in [2.45, 2.75) is 71.7 Å². The molecule has 0 saturated carbocycles. The largest absolute Gasteiger partial charge is 0.444 e. The van der Waals surface area contributed by atoms with Crippen LogP contribution >= 0.6 is 0 Å². The second-order valence-electron chi connectivity index (χ2n) is 6.89. The van der Waals surface area contributed by atoms with Gasteiger partial charge in [0.1, 0.15) is 11.8 Å². The van der Waals surface area contributed by atoms with Crippen molar-refractivity contribution in [3.05, 3.63) is 10.4 Å². The third-order valence-electron chi connectivity index (χ3n) is 3.63. The van der Waals surface area contributed by atoms with E-state index in [4.69, 9.17) is 15.0 Å². The van der Waals surface area contributed by atoms with Gasteiger partial charge >= 0.3 is 6.09 Å². The van der Waals surface area contributed by atoms with Crippen LogP contribution < -0.4 is 0 Å². The molecule has 0 bridgehead atoms. The molecule has 1 amide bonds. The molecule has 0 aromatic rings. The Labute approximate surface area is 132 Å². The Morgan fingerprint density at radius 3 is 2.68 bits per heavy atom. The molecule has 0 radical (unpaired) electrons. The first kappa shape index (κ1) is 18.6. The lowest BCUT2D eigenvalue weighted by molar-refractivity contribution is -0.000947. The monoisotopic (exact) mass is 312 g/mol. The highest BCUT2D eigenvalue weighted by molar-refractivity contribution is 5.68. The Morgan fingerprint density at radius 2 is 2.18 bits per heavy atom. The van der Waals surface area contributed by atoms with E-state index in [1.54, 1.807) is 6.92 Å². The quantitative estimate of drug-likeness (QED) is 0.435. The van der Waals surface area contributed by atoms with Gasteiger partial charge in [-0.25, -0.2) is 4.79 Å². The minimum absolute atomic E-state index is 0.0814. The van der Waals surface area contributed by atoms with Crippen LogP contribution in [0.2, 0.25) is 0 Å². The summed E-state index contributed by atoms with van der Waals surface area (Å²) >= 11 is 0. The predicted molar refractivity (Wildman–Crippen MR) is 84.3 cm³/mol. The van der Waals surface area contributed by atoms with Gasteiger partial charge in [0.15, 0.2) is 0 Å². The zero-order valence-electron chi connectivity index (χ0n) is 14.3. The summed E-state index contributed by atoms with van der Waals surface area (Å²) in [6.45, 7) is 10.7. The topological polar surface area (TPSA) is 87.5 Å². The maximum atomic E-state index is 12.4. The van der Waals surface area contributed by atoms with E-state index in [0.29, 0.717) is 5.92 Å². The summed E-state index contributed by atoms with van der Waals surface area (Å²) < 4.78 is 10.9. The van der Waals surface area contributed by atoms with Gasteiger partial charge in [-0.15, -0.1) is 0 Å². The number of carbonyl (C=O) groups is 1. The molecule has 1 saturated heterocycles. The van der Waals surface area contributed by atoms with Crippen molar-refractivity contribution in [1.29, 1.82) is 0 Å². The summed E-state index contributed by atoms with van der Waals surface area (Å²) in [5, 5.41) is 3.66. The summed E-state index contributed by atoms with van der Waals surface area (Å²) in [4.78, 5) is 16.8. The minimum Gasteiger partial charge on any atom is -0.444 e. The number of amides is 1. The van der Waals surface area contributed by atoms with Gasteiger partial charge < -0.3 is 9.47 Å². The fourth-order valence-corrected chi connectivity index (χ4v) is 2.74. The molecule has 7 nitrogen and oxygen atoms in total. The van der Waals surface area contributed by atoms with Crippen LogP contribution in [0.5, 0.6) is 0 Å². The SMILES string of the molecule is CC(C[C@H]1CCCOC1)N(C(=O)OC(C)(C)C)[C@H](C)N=[N+]=[N-]. The van der Waals surface area contributed by atoms with Crippen LogP contribution in [0, 0.1) is 5.92 Å². The maximum absolute atomic E-state index is 12.4. The Balaban J connectivity index is 2.78. The summed E-state index contributed by atoms with van der Waals surface area (Å²) in [7, 11) is 0. The molecule has 0 N–H and O–H groups in total. The molecule has 7 heteroatoms. The van der Waals surface area contributed by atoms with E-state index >= 15 is 0 Å². The summed E-state index contributed by atoms with van der Waals surface area (Å²) in [6, 6.07) is -0.0814. The van der Waals surface area contributed by atoms with E-state index in [1.165, 1.54) is 4.90 Å². The van der Waals surface area contributed by atoms with E-state index in [0.717, 1.165) is 32.5 Å². The number of azide groups is 1. The zero-order chi connectivity index (χ0) is 16.8. The lowest BCUT2D eigenvalue weighted by Crippen LogP contribution is -2.47. The Bertz CT molecular complexity index is 410. The number of rotatable bonds is 5. The molecule has 0 aromatic carbocycles. The molecule has 1 aliphatic rings. The van der Waals surface area contributed by atoms with Crippen molar-refractivity contribution in [2.24, 2.45) is 11.0 Å². The van der Waals surface area contributed by atoms with Crippen molar-refractivity contribution in [1.82, 2.24) is 4.90 Å². The van der Waals surface area contributed by atoms with Crippen LogP contribution in [0.15, 0.2) is 5.11 Å². The van der Waals surface area contributed by atoms with Crippen LogP contribution in [0.3, 0.4) is 0 Å². The van der Waals surface area contributed by atoms with Crippen molar-refractivity contribution in [3.8, 4) is 0 Å². The summed E-state index contributed by atoms with van der Waals surface area (Å²) in [5.41, 5.74) is 8.08. The average molecular weight is 312 g/mol. The molecule has 0 aliphatic carbocycles. The fraction of sp³-hybridized carbons (Fsp3) is 0.933. The van der Waals surface area contributed by atoms with E-state index in [2.05, 4.69) is 10.0 Å². The van der Waals surface area contributed by atoms with Crippen molar-refractivity contribution >= 4 is 6.09 Å². The highest BCUT2D eigenvalue weighted by atomic mass is 16.6. The molecule has 126 valence electrons. The Morgan fingerprint density at radius 1 is 1.50 bits per heavy atom. The van der Waals surface area contributed by atoms with Crippen LogP contribution in [0.4, 0.5) is 4.79 Å². The van der Waals surface area contributed by atoms with Crippen molar-refractivity contribution in [2.75, 3.05) is 13.2 Å². The molecular formula is C15H28N4O3. The molecule has 1 heterocycles. The normalized spacial score (nSPS) is 21.4. The number of hydrogen-bond acceptors (Lipinski definition) is 4. The Hall–Kier alpha value is -1.46. The number of ether oxygens (including phenoxy) is 2. The first-order valence-electron chi connectivity index (χ1n) is 7.88. The minimum atomic E-state index is -0.584. The molecule has 3 atom stereocenters. The molecule has 0 aromatic heterocycles. The van der Waals surface area contributed by atoms with Gasteiger partial charge in [0.25, 0.3) is 0 Å². The Kier molecular flexibility index (Phi) is 6.97. The molecule has 1 rings (SSSR count). The van der Waals surface area contributed by atoms with Crippen molar-refractivity contribution in [3.63, 3.8) is 0 Å². The number of hydrogen-bond donors (Lipinski definition) is 0. The zero-order valence-corrected chi connectivity index (χ0v) is 14.3. The predicted octanol–water partition coefficient (Wildman–Crippen LogP) is 4.09. The molecule has 1 unspecified atom stereocenters. The molecule has 22 heavy (non-hydrogen) atoms. The lowest BCUT2D eigenvalue weighted by Gasteiger charge is -2.36. The van der Waals surface area contributed by atoms with Gasteiger partial charge in [0.2, 0.25) is 0 Å². The molecular weight excluding hydrogens is 284 g/mol. The first-order chi connectivity index (χ1) is 10.2. The second kappa shape index (κ2) is 8.25.